The minimum absolute atomic E-state index is 0.237. The molecule has 0 saturated heterocycles. The number of rotatable bonds is 5. The minimum atomic E-state index is -0.996. The molecule has 1 heterocycles. The normalized spacial score (nSPS) is 11.3. The molecule has 7 nitrogen and oxygen atoms in total. The third-order valence-corrected chi connectivity index (χ3v) is 7.74. The molecule has 43 heavy (non-hydrogen) atoms. The first-order valence-electron chi connectivity index (χ1n) is 13.7. The SMILES string of the molecule is Oc1c(O)c(O)c(-n2c3ccccc3c3cc(-c4ccc(Nc5ccc(-c6ccccc6)cc5)cc4)ccc32)c(O)c1O. The molecule has 0 aliphatic rings. The average molecular weight is 567 g/mol. The molecule has 1 aromatic heterocycles. The van der Waals surface area contributed by atoms with Crippen LogP contribution in [0.2, 0.25) is 0 Å². The summed E-state index contributed by atoms with van der Waals surface area (Å²) in [6.45, 7) is 0. The Labute approximate surface area is 246 Å². The molecule has 7 heteroatoms. The molecule has 0 amide bonds. The lowest BCUT2D eigenvalue weighted by Gasteiger charge is -2.15. The number of phenolic OH excluding ortho intramolecular Hbond substituents is 5. The van der Waals surface area contributed by atoms with Crippen LogP contribution in [0.1, 0.15) is 0 Å². The summed E-state index contributed by atoms with van der Waals surface area (Å²) < 4.78 is 1.55. The number of nitrogens with zero attached hydrogens (tertiary/aromatic N) is 1. The summed E-state index contributed by atoms with van der Waals surface area (Å²) >= 11 is 0. The number of aromatic nitrogens is 1. The number of aromatic hydroxyl groups is 5. The quantitative estimate of drug-likeness (QED) is 0.0920. The van der Waals surface area contributed by atoms with E-state index < -0.39 is 28.7 Å². The van der Waals surface area contributed by atoms with Crippen LogP contribution in [0.15, 0.2) is 121 Å². The van der Waals surface area contributed by atoms with Gasteiger partial charge in [0.25, 0.3) is 0 Å². The van der Waals surface area contributed by atoms with Crippen LogP contribution in [-0.2, 0) is 0 Å². The molecule has 0 aliphatic carbocycles. The number of phenols is 5. The van der Waals surface area contributed by atoms with Gasteiger partial charge in [0, 0.05) is 22.1 Å². The highest BCUT2D eigenvalue weighted by Gasteiger charge is 2.27. The summed E-state index contributed by atoms with van der Waals surface area (Å²) in [4.78, 5) is 0. The Bertz CT molecular complexity index is 2110. The average Bonchev–Trinajstić information content (AvgIpc) is 3.37. The summed E-state index contributed by atoms with van der Waals surface area (Å²) in [6, 6.07) is 39.9. The van der Waals surface area contributed by atoms with Gasteiger partial charge < -0.3 is 35.4 Å². The molecule has 0 aliphatic heterocycles. The number of hydrogen-bond donors (Lipinski definition) is 6. The van der Waals surface area contributed by atoms with Gasteiger partial charge >= 0.3 is 0 Å². The van der Waals surface area contributed by atoms with Gasteiger partial charge in [-0.25, -0.2) is 0 Å². The largest absolute Gasteiger partial charge is 0.503 e. The molecule has 210 valence electrons. The van der Waals surface area contributed by atoms with Crippen LogP contribution in [0.3, 0.4) is 0 Å². The van der Waals surface area contributed by atoms with Gasteiger partial charge in [-0.05, 0) is 64.7 Å². The number of hydrogen-bond acceptors (Lipinski definition) is 6. The molecule has 0 unspecified atom stereocenters. The van der Waals surface area contributed by atoms with E-state index in [0.29, 0.717) is 11.0 Å². The summed E-state index contributed by atoms with van der Waals surface area (Å²) in [5.74, 6) is -4.35. The Morgan fingerprint density at radius 3 is 1.49 bits per heavy atom. The predicted molar refractivity (Wildman–Crippen MR) is 170 cm³/mol. The molecule has 0 saturated carbocycles. The number of nitrogens with one attached hydrogen (secondary N) is 1. The van der Waals surface area contributed by atoms with E-state index in [1.165, 1.54) is 5.56 Å². The highest BCUT2D eigenvalue weighted by Crippen LogP contribution is 2.54. The number of benzene rings is 6. The molecule has 0 bridgehead atoms. The zero-order valence-corrected chi connectivity index (χ0v) is 22.7. The van der Waals surface area contributed by atoms with E-state index in [0.717, 1.165) is 38.8 Å². The van der Waals surface area contributed by atoms with Crippen molar-refractivity contribution in [3.63, 3.8) is 0 Å². The van der Waals surface area contributed by atoms with Crippen LogP contribution in [0.4, 0.5) is 11.4 Å². The maximum Gasteiger partial charge on any atom is 0.208 e. The van der Waals surface area contributed by atoms with E-state index in [1.807, 2.05) is 84.9 Å². The van der Waals surface area contributed by atoms with Crippen molar-refractivity contribution < 1.29 is 25.5 Å². The lowest BCUT2D eigenvalue weighted by atomic mass is 10.0. The van der Waals surface area contributed by atoms with Crippen molar-refractivity contribution in [2.24, 2.45) is 0 Å². The number of para-hydroxylation sites is 1. The Kier molecular flexibility index (Phi) is 6.06. The number of anilines is 2. The second kappa shape index (κ2) is 10.1. The predicted octanol–water partition coefficient (Wildman–Crippen LogP) is 8.39. The molecular formula is C36H26N2O5. The molecule has 0 fully saturated rings. The second-order valence-corrected chi connectivity index (χ2v) is 10.3. The van der Waals surface area contributed by atoms with E-state index in [-0.39, 0.29) is 5.69 Å². The van der Waals surface area contributed by atoms with Crippen LogP contribution < -0.4 is 5.32 Å². The first kappa shape index (κ1) is 25.9. The second-order valence-electron chi connectivity index (χ2n) is 10.3. The Morgan fingerprint density at radius 1 is 0.395 bits per heavy atom. The fourth-order valence-electron chi connectivity index (χ4n) is 5.57. The van der Waals surface area contributed by atoms with Crippen molar-refractivity contribution in [2.75, 3.05) is 5.32 Å². The molecule has 0 spiro atoms. The zero-order chi connectivity index (χ0) is 29.7. The van der Waals surface area contributed by atoms with Gasteiger partial charge in [-0.3, -0.25) is 0 Å². The maximum absolute atomic E-state index is 10.7. The van der Waals surface area contributed by atoms with E-state index in [1.54, 1.807) is 4.57 Å². The van der Waals surface area contributed by atoms with Gasteiger partial charge in [-0.1, -0.05) is 78.9 Å². The van der Waals surface area contributed by atoms with Crippen molar-refractivity contribution in [2.45, 2.75) is 0 Å². The highest BCUT2D eigenvalue weighted by atomic mass is 16.4. The molecule has 0 radical (unpaired) electrons. The third kappa shape index (κ3) is 4.31. The molecular weight excluding hydrogens is 540 g/mol. The van der Waals surface area contributed by atoms with Crippen LogP contribution in [0.25, 0.3) is 49.7 Å². The van der Waals surface area contributed by atoms with Crippen molar-refractivity contribution in [1.29, 1.82) is 0 Å². The van der Waals surface area contributed by atoms with Crippen LogP contribution in [-0.4, -0.2) is 30.1 Å². The summed E-state index contributed by atoms with van der Waals surface area (Å²) in [6.07, 6.45) is 0. The van der Waals surface area contributed by atoms with Crippen molar-refractivity contribution >= 4 is 33.2 Å². The lowest BCUT2D eigenvalue weighted by molar-refractivity contribution is 0.327. The van der Waals surface area contributed by atoms with Crippen molar-refractivity contribution in [3.8, 4) is 56.7 Å². The molecule has 7 aromatic rings. The third-order valence-electron chi connectivity index (χ3n) is 7.74. The topological polar surface area (TPSA) is 118 Å². The van der Waals surface area contributed by atoms with Gasteiger partial charge in [-0.15, -0.1) is 0 Å². The Balaban J connectivity index is 1.23. The van der Waals surface area contributed by atoms with E-state index in [9.17, 15) is 25.5 Å². The van der Waals surface area contributed by atoms with Crippen LogP contribution in [0.5, 0.6) is 28.7 Å². The smallest absolute Gasteiger partial charge is 0.208 e. The van der Waals surface area contributed by atoms with Crippen molar-refractivity contribution in [1.82, 2.24) is 4.57 Å². The first-order valence-corrected chi connectivity index (χ1v) is 13.7. The fourth-order valence-corrected chi connectivity index (χ4v) is 5.57. The fraction of sp³-hybridized carbons (Fsp3) is 0. The molecule has 6 aromatic carbocycles. The Hall–Kier alpha value is -6.08. The van der Waals surface area contributed by atoms with E-state index >= 15 is 0 Å². The number of fused-ring (bicyclic) bond motifs is 3. The zero-order valence-electron chi connectivity index (χ0n) is 22.7. The first-order chi connectivity index (χ1) is 20.9. The van der Waals surface area contributed by atoms with Gasteiger partial charge in [-0.2, -0.15) is 0 Å². The Morgan fingerprint density at radius 2 is 0.860 bits per heavy atom. The molecule has 6 N–H and O–H groups in total. The van der Waals surface area contributed by atoms with E-state index in [2.05, 4.69) is 41.7 Å². The lowest BCUT2D eigenvalue weighted by Crippen LogP contribution is -1.96. The molecule has 0 atom stereocenters. The maximum atomic E-state index is 10.7. The highest BCUT2D eigenvalue weighted by molar-refractivity contribution is 6.11. The standard InChI is InChI=1S/C36H26N2O5/c39-32-31(33(40)35(42)36(43)34(32)41)38-29-9-5-4-8-27(29)28-20-24(14-19-30(28)38)23-12-17-26(18-13-23)37-25-15-10-22(11-16-25)21-6-2-1-3-7-21/h1-20,37,39-43H. The summed E-state index contributed by atoms with van der Waals surface area (Å²) in [7, 11) is 0. The summed E-state index contributed by atoms with van der Waals surface area (Å²) in [5.41, 5.74) is 7.23. The summed E-state index contributed by atoms with van der Waals surface area (Å²) in [5, 5.41) is 56.8. The van der Waals surface area contributed by atoms with Gasteiger partial charge in [0.05, 0.1) is 11.0 Å². The monoisotopic (exact) mass is 566 g/mol. The van der Waals surface area contributed by atoms with Crippen LogP contribution in [0, 0.1) is 0 Å². The van der Waals surface area contributed by atoms with E-state index in [4.69, 9.17) is 0 Å². The van der Waals surface area contributed by atoms with Gasteiger partial charge in [0.2, 0.25) is 17.2 Å². The van der Waals surface area contributed by atoms with Gasteiger partial charge in [0.1, 0.15) is 5.69 Å². The molecule has 7 rings (SSSR count). The van der Waals surface area contributed by atoms with Crippen LogP contribution >= 0.6 is 0 Å². The minimum Gasteiger partial charge on any atom is -0.503 e. The van der Waals surface area contributed by atoms with Gasteiger partial charge in [0.15, 0.2) is 11.5 Å². The van der Waals surface area contributed by atoms with Crippen molar-refractivity contribution in [3.05, 3.63) is 121 Å².